The first-order valence-corrected chi connectivity index (χ1v) is 8.65. The molecule has 120 valence electrons. The summed E-state index contributed by atoms with van der Waals surface area (Å²) in [4.78, 5) is 16.6. The molecule has 0 bridgehead atoms. The van der Waals surface area contributed by atoms with Gasteiger partial charge in [0.05, 0.1) is 5.52 Å². The Morgan fingerprint density at radius 1 is 1.04 bits per heavy atom. The molecule has 0 aliphatic heterocycles. The molecule has 0 spiro atoms. The predicted molar refractivity (Wildman–Crippen MR) is 95.0 cm³/mol. The molecule has 0 saturated heterocycles. The van der Waals surface area contributed by atoms with Gasteiger partial charge in [0, 0.05) is 29.3 Å². The number of fused-ring (bicyclic) bond motifs is 1. The molecule has 1 aromatic heterocycles. The second kappa shape index (κ2) is 7.91. The molecule has 0 atom stereocenters. The van der Waals surface area contributed by atoms with Crippen LogP contribution < -0.4 is 5.32 Å². The van der Waals surface area contributed by atoms with Crippen molar-refractivity contribution in [1.82, 2.24) is 10.3 Å². The Morgan fingerprint density at radius 2 is 1.78 bits per heavy atom. The number of para-hydroxylation sites is 1. The lowest BCUT2D eigenvalue weighted by Gasteiger charge is -2.20. The molecule has 1 amide bonds. The summed E-state index contributed by atoms with van der Waals surface area (Å²) in [7, 11) is 0. The highest BCUT2D eigenvalue weighted by molar-refractivity contribution is 5.95. The number of hydrogen-bond acceptors (Lipinski definition) is 2. The Kier molecular flexibility index (Phi) is 5.41. The SMILES string of the molecule is O=C(/C=C/c1cccc2cccnc12)NC1CCCCCCC1. The Morgan fingerprint density at radius 3 is 2.61 bits per heavy atom. The van der Waals surface area contributed by atoms with E-state index in [-0.39, 0.29) is 5.91 Å². The van der Waals surface area contributed by atoms with Crippen molar-refractivity contribution < 1.29 is 4.79 Å². The lowest BCUT2D eigenvalue weighted by atomic mass is 9.97. The number of aromatic nitrogens is 1. The zero-order valence-electron chi connectivity index (χ0n) is 13.5. The number of carbonyl (C=O) groups excluding carboxylic acids is 1. The van der Waals surface area contributed by atoms with Crippen LogP contribution in [0.1, 0.15) is 50.5 Å². The van der Waals surface area contributed by atoms with Crippen LogP contribution in [0.4, 0.5) is 0 Å². The monoisotopic (exact) mass is 308 g/mol. The van der Waals surface area contributed by atoms with Crippen molar-refractivity contribution in [1.29, 1.82) is 0 Å². The maximum Gasteiger partial charge on any atom is 0.244 e. The predicted octanol–water partition coefficient (Wildman–Crippen LogP) is 4.48. The second-order valence-corrected chi connectivity index (χ2v) is 6.31. The molecule has 1 fully saturated rings. The van der Waals surface area contributed by atoms with Gasteiger partial charge in [0.25, 0.3) is 0 Å². The van der Waals surface area contributed by atoms with Gasteiger partial charge in [-0.3, -0.25) is 9.78 Å². The van der Waals surface area contributed by atoms with E-state index in [4.69, 9.17) is 0 Å². The summed E-state index contributed by atoms with van der Waals surface area (Å²) in [6.45, 7) is 0. The van der Waals surface area contributed by atoms with Crippen LogP contribution in [0.15, 0.2) is 42.6 Å². The molecule has 1 heterocycles. The first-order chi connectivity index (χ1) is 11.3. The lowest BCUT2D eigenvalue weighted by Crippen LogP contribution is -2.34. The van der Waals surface area contributed by atoms with Gasteiger partial charge < -0.3 is 5.32 Å². The number of amides is 1. The van der Waals surface area contributed by atoms with Gasteiger partial charge in [-0.15, -0.1) is 0 Å². The van der Waals surface area contributed by atoms with Gasteiger partial charge in [-0.25, -0.2) is 0 Å². The third-order valence-corrected chi connectivity index (χ3v) is 4.53. The molecule has 3 heteroatoms. The van der Waals surface area contributed by atoms with Gasteiger partial charge >= 0.3 is 0 Å². The molecule has 3 rings (SSSR count). The molecule has 2 aromatic rings. The van der Waals surface area contributed by atoms with Gasteiger partial charge in [-0.2, -0.15) is 0 Å². The topological polar surface area (TPSA) is 42.0 Å². The van der Waals surface area contributed by atoms with Crippen molar-refractivity contribution >= 4 is 22.9 Å². The number of rotatable bonds is 3. The minimum absolute atomic E-state index is 0.00325. The molecule has 1 saturated carbocycles. The number of hydrogen-bond donors (Lipinski definition) is 1. The van der Waals surface area contributed by atoms with E-state index < -0.39 is 0 Å². The summed E-state index contributed by atoms with van der Waals surface area (Å²) >= 11 is 0. The van der Waals surface area contributed by atoms with E-state index in [1.807, 2.05) is 36.4 Å². The fourth-order valence-corrected chi connectivity index (χ4v) is 3.28. The second-order valence-electron chi connectivity index (χ2n) is 6.31. The van der Waals surface area contributed by atoms with Gasteiger partial charge in [0.2, 0.25) is 5.91 Å². The maximum atomic E-state index is 12.2. The van der Waals surface area contributed by atoms with Crippen molar-refractivity contribution in [2.75, 3.05) is 0 Å². The number of benzene rings is 1. The first kappa shape index (κ1) is 15.7. The summed E-state index contributed by atoms with van der Waals surface area (Å²) in [6, 6.07) is 10.3. The number of carbonyl (C=O) groups is 1. The van der Waals surface area contributed by atoms with E-state index in [0.717, 1.165) is 29.3 Å². The highest BCUT2D eigenvalue weighted by Crippen LogP contribution is 2.18. The molecule has 1 aliphatic carbocycles. The van der Waals surface area contributed by atoms with E-state index >= 15 is 0 Å². The van der Waals surface area contributed by atoms with Crippen molar-refractivity contribution in [2.45, 2.75) is 51.0 Å². The first-order valence-electron chi connectivity index (χ1n) is 8.65. The molecule has 1 aliphatic rings. The Labute approximate surface area is 137 Å². The van der Waals surface area contributed by atoms with Gasteiger partial charge in [0.15, 0.2) is 0 Å². The van der Waals surface area contributed by atoms with Crippen molar-refractivity contribution in [3.8, 4) is 0 Å². The zero-order valence-corrected chi connectivity index (χ0v) is 13.5. The summed E-state index contributed by atoms with van der Waals surface area (Å²) in [5, 5.41) is 4.25. The van der Waals surface area contributed by atoms with Crippen LogP contribution >= 0.6 is 0 Å². The van der Waals surface area contributed by atoms with Crippen LogP contribution in [0.25, 0.3) is 17.0 Å². The number of nitrogens with zero attached hydrogens (tertiary/aromatic N) is 1. The standard InChI is InChI=1S/C20H24N2O/c23-19(22-18-11-4-2-1-3-5-12-18)14-13-17-9-6-8-16-10-7-15-21-20(16)17/h6-10,13-15,18H,1-5,11-12H2,(H,22,23)/b14-13+. The van der Waals surface area contributed by atoms with Crippen molar-refractivity contribution in [3.63, 3.8) is 0 Å². The third kappa shape index (κ3) is 4.41. The summed E-state index contributed by atoms with van der Waals surface area (Å²) in [5.74, 6) is 0.00325. The average Bonchev–Trinajstić information content (AvgIpc) is 2.55. The smallest absolute Gasteiger partial charge is 0.244 e. The summed E-state index contributed by atoms with van der Waals surface area (Å²) < 4.78 is 0. The van der Waals surface area contributed by atoms with E-state index in [2.05, 4.69) is 10.3 Å². The molecule has 3 nitrogen and oxygen atoms in total. The summed E-state index contributed by atoms with van der Waals surface area (Å²) in [5.41, 5.74) is 1.92. The molecular weight excluding hydrogens is 284 g/mol. The number of pyridine rings is 1. The quantitative estimate of drug-likeness (QED) is 0.850. The fourth-order valence-electron chi connectivity index (χ4n) is 3.28. The Balaban J connectivity index is 1.65. The van der Waals surface area contributed by atoms with Gasteiger partial charge in [-0.1, -0.05) is 56.4 Å². The van der Waals surface area contributed by atoms with Gasteiger partial charge in [0.1, 0.15) is 0 Å². The normalized spacial score (nSPS) is 17.0. The molecular formula is C20H24N2O. The van der Waals surface area contributed by atoms with Crippen molar-refractivity contribution in [3.05, 3.63) is 48.2 Å². The van der Waals surface area contributed by atoms with Crippen LogP contribution in [0.5, 0.6) is 0 Å². The number of nitrogens with one attached hydrogen (secondary N) is 1. The summed E-state index contributed by atoms with van der Waals surface area (Å²) in [6.07, 6.45) is 13.9. The minimum Gasteiger partial charge on any atom is -0.350 e. The van der Waals surface area contributed by atoms with Crippen LogP contribution in [-0.2, 0) is 4.79 Å². The molecule has 1 aromatic carbocycles. The van der Waals surface area contributed by atoms with Crippen LogP contribution in [0, 0.1) is 0 Å². The highest BCUT2D eigenvalue weighted by Gasteiger charge is 2.12. The highest BCUT2D eigenvalue weighted by atomic mass is 16.1. The zero-order chi connectivity index (χ0) is 15.9. The lowest BCUT2D eigenvalue weighted by molar-refractivity contribution is -0.117. The molecule has 0 unspecified atom stereocenters. The van der Waals surface area contributed by atoms with Gasteiger partial charge in [-0.05, 0) is 25.0 Å². The maximum absolute atomic E-state index is 12.2. The largest absolute Gasteiger partial charge is 0.350 e. The Bertz CT molecular complexity index is 680. The molecule has 23 heavy (non-hydrogen) atoms. The molecule has 0 radical (unpaired) electrons. The van der Waals surface area contributed by atoms with Crippen LogP contribution in [0.3, 0.4) is 0 Å². The van der Waals surface area contributed by atoms with Crippen LogP contribution in [0.2, 0.25) is 0 Å². The molecule has 1 N–H and O–H groups in total. The van der Waals surface area contributed by atoms with E-state index in [0.29, 0.717) is 6.04 Å². The van der Waals surface area contributed by atoms with E-state index in [1.54, 1.807) is 12.3 Å². The average molecular weight is 308 g/mol. The van der Waals surface area contributed by atoms with E-state index in [1.165, 1.54) is 32.1 Å². The van der Waals surface area contributed by atoms with Crippen molar-refractivity contribution in [2.24, 2.45) is 0 Å². The van der Waals surface area contributed by atoms with Crippen LogP contribution in [-0.4, -0.2) is 16.9 Å². The third-order valence-electron chi connectivity index (χ3n) is 4.53. The Hall–Kier alpha value is -2.16. The minimum atomic E-state index is 0.00325. The fraction of sp³-hybridized carbons (Fsp3) is 0.400. The van der Waals surface area contributed by atoms with E-state index in [9.17, 15) is 4.79 Å².